The number of hydrogen-bond acceptors (Lipinski definition) is 6. The first kappa shape index (κ1) is 24.4. The third-order valence-corrected chi connectivity index (χ3v) is 6.03. The molecule has 32 heavy (non-hydrogen) atoms. The van der Waals surface area contributed by atoms with Gasteiger partial charge in [0, 0.05) is 50.9 Å². The van der Waals surface area contributed by atoms with Crippen molar-refractivity contribution in [3.63, 3.8) is 0 Å². The molecule has 0 spiro atoms. The van der Waals surface area contributed by atoms with E-state index in [9.17, 15) is 14.0 Å². The summed E-state index contributed by atoms with van der Waals surface area (Å²) in [6.07, 6.45) is 3.12. The van der Waals surface area contributed by atoms with E-state index in [0.29, 0.717) is 30.9 Å². The number of piperazine rings is 1. The average molecular weight is 451 g/mol. The fraction of sp³-hybridized carbons (Fsp3) is 0.652. The predicted molar refractivity (Wildman–Crippen MR) is 119 cm³/mol. The van der Waals surface area contributed by atoms with Crippen LogP contribution in [0.15, 0.2) is 18.2 Å². The van der Waals surface area contributed by atoms with Crippen molar-refractivity contribution in [3.8, 4) is 5.75 Å². The fourth-order valence-corrected chi connectivity index (χ4v) is 4.11. The Morgan fingerprint density at radius 3 is 2.81 bits per heavy atom. The number of benzene rings is 1. The fourth-order valence-electron chi connectivity index (χ4n) is 4.11. The van der Waals surface area contributed by atoms with Crippen LogP contribution in [-0.2, 0) is 20.9 Å². The number of amides is 2. The van der Waals surface area contributed by atoms with Crippen molar-refractivity contribution in [2.24, 2.45) is 0 Å². The molecule has 178 valence electrons. The highest BCUT2D eigenvalue weighted by molar-refractivity contribution is 5.88. The van der Waals surface area contributed by atoms with E-state index >= 15 is 0 Å². The highest BCUT2D eigenvalue weighted by atomic mass is 19.1. The van der Waals surface area contributed by atoms with Crippen molar-refractivity contribution in [2.45, 2.75) is 38.3 Å². The van der Waals surface area contributed by atoms with Crippen LogP contribution in [0.5, 0.6) is 5.75 Å². The van der Waals surface area contributed by atoms with Gasteiger partial charge in [-0.15, -0.1) is 0 Å². The largest absolute Gasteiger partial charge is 0.497 e. The van der Waals surface area contributed by atoms with E-state index in [4.69, 9.17) is 9.47 Å². The van der Waals surface area contributed by atoms with E-state index in [1.165, 1.54) is 13.2 Å². The highest BCUT2D eigenvalue weighted by Crippen LogP contribution is 2.20. The number of morpholine rings is 1. The van der Waals surface area contributed by atoms with Gasteiger partial charge in [0.1, 0.15) is 11.6 Å². The van der Waals surface area contributed by atoms with Gasteiger partial charge < -0.3 is 20.1 Å². The first-order chi connectivity index (χ1) is 15.6. The molecule has 2 N–H and O–H groups in total. The van der Waals surface area contributed by atoms with Gasteiger partial charge in [-0.2, -0.15) is 0 Å². The normalized spacial score (nSPS) is 20.1. The molecule has 2 aliphatic heterocycles. The summed E-state index contributed by atoms with van der Waals surface area (Å²) in [5.74, 6) is -0.273. The lowest BCUT2D eigenvalue weighted by Gasteiger charge is -2.34. The van der Waals surface area contributed by atoms with Gasteiger partial charge >= 0.3 is 0 Å². The van der Waals surface area contributed by atoms with Gasteiger partial charge in [-0.3, -0.25) is 19.4 Å². The highest BCUT2D eigenvalue weighted by Gasteiger charge is 2.32. The Labute approximate surface area is 189 Å². The van der Waals surface area contributed by atoms with Gasteiger partial charge in [0.25, 0.3) is 0 Å². The summed E-state index contributed by atoms with van der Waals surface area (Å²) in [5.41, 5.74) is 0.478. The van der Waals surface area contributed by atoms with Crippen LogP contribution in [0.4, 0.5) is 4.39 Å². The number of methoxy groups -OCH3 is 1. The van der Waals surface area contributed by atoms with E-state index < -0.39 is 6.04 Å². The van der Waals surface area contributed by atoms with Crippen molar-refractivity contribution in [1.29, 1.82) is 0 Å². The smallest absolute Gasteiger partial charge is 0.237 e. The molecule has 1 aromatic carbocycles. The molecule has 8 nitrogen and oxygen atoms in total. The van der Waals surface area contributed by atoms with Crippen LogP contribution < -0.4 is 15.4 Å². The van der Waals surface area contributed by atoms with Gasteiger partial charge in [0.05, 0.1) is 32.8 Å². The van der Waals surface area contributed by atoms with E-state index in [0.717, 1.165) is 52.1 Å². The Kier molecular flexibility index (Phi) is 9.70. The molecule has 1 unspecified atom stereocenters. The zero-order valence-corrected chi connectivity index (χ0v) is 18.9. The van der Waals surface area contributed by atoms with E-state index in [2.05, 4.69) is 15.5 Å². The molecule has 2 heterocycles. The second kappa shape index (κ2) is 12.7. The molecule has 2 fully saturated rings. The number of halogens is 1. The van der Waals surface area contributed by atoms with E-state index in [1.54, 1.807) is 12.1 Å². The lowest BCUT2D eigenvalue weighted by atomic mass is 10.1. The minimum absolute atomic E-state index is 0.0669. The second-order valence-electron chi connectivity index (χ2n) is 8.30. The Morgan fingerprint density at radius 2 is 2.06 bits per heavy atom. The molecule has 0 aromatic heterocycles. The molecule has 0 aliphatic carbocycles. The SMILES string of the molecule is COc1ccc(CN2CCNC(=O)C2CC(=O)NCCCCCN2CCOCC2)c(F)c1. The Bertz CT molecular complexity index is 758. The van der Waals surface area contributed by atoms with Crippen molar-refractivity contribution in [2.75, 3.05) is 59.6 Å². The molecule has 1 atom stereocenters. The van der Waals surface area contributed by atoms with Crippen LogP contribution in [0, 0.1) is 5.82 Å². The van der Waals surface area contributed by atoms with Crippen molar-refractivity contribution >= 4 is 11.8 Å². The summed E-state index contributed by atoms with van der Waals surface area (Å²) in [6, 6.07) is 4.09. The maximum absolute atomic E-state index is 14.4. The number of carbonyl (C=O) groups excluding carboxylic acids is 2. The zero-order chi connectivity index (χ0) is 22.8. The Balaban J connectivity index is 1.40. The minimum Gasteiger partial charge on any atom is -0.497 e. The van der Waals surface area contributed by atoms with Crippen LogP contribution in [-0.4, -0.2) is 87.2 Å². The summed E-state index contributed by atoms with van der Waals surface area (Å²) in [4.78, 5) is 29.1. The Morgan fingerprint density at radius 1 is 1.25 bits per heavy atom. The van der Waals surface area contributed by atoms with Gasteiger partial charge in [0.2, 0.25) is 11.8 Å². The number of nitrogens with one attached hydrogen (secondary N) is 2. The summed E-state index contributed by atoms with van der Waals surface area (Å²) < 4.78 is 24.8. The van der Waals surface area contributed by atoms with Crippen molar-refractivity contribution in [1.82, 2.24) is 20.4 Å². The number of rotatable bonds is 11. The van der Waals surface area contributed by atoms with Crippen LogP contribution in [0.25, 0.3) is 0 Å². The molecular formula is C23H35FN4O4. The number of carbonyl (C=O) groups is 2. The van der Waals surface area contributed by atoms with Gasteiger partial charge in [0.15, 0.2) is 0 Å². The molecule has 2 saturated heterocycles. The van der Waals surface area contributed by atoms with Crippen LogP contribution in [0.1, 0.15) is 31.2 Å². The molecule has 2 aliphatic rings. The maximum Gasteiger partial charge on any atom is 0.237 e. The van der Waals surface area contributed by atoms with E-state index in [1.807, 2.05) is 4.90 Å². The molecule has 0 saturated carbocycles. The first-order valence-electron chi connectivity index (χ1n) is 11.5. The lowest BCUT2D eigenvalue weighted by molar-refractivity contribution is -0.134. The molecular weight excluding hydrogens is 415 g/mol. The van der Waals surface area contributed by atoms with Crippen molar-refractivity contribution in [3.05, 3.63) is 29.6 Å². The second-order valence-corrected chi connectivity index (χ2v) is 8.30. The van der Waals surface area contributed by atoms with Crippen molar-refractivity contribution < 1.29 is 23.5 Å². The van der Waals surface area contributed by atoms with Gasteiger partial charge in [-0.05, 0) is 25.5 Å². The summed E-state index contributed by atoms with van der Waals surface area (Å²) in [5, 5.41) is 5.74. The van der Waals surface area contributed by atoms with Crippen LogP contribution >= 0.6 is 0 Å². The third kappa shape index (κ3) is 7.43. The summed E-state index contributed by atoms with van der Waals surface area (Å²) >= 11 is 0. The summed E-state index contributed by atoms with van der Waals surface area (Å²) in [7, 11) is 1.49. The zero-order valence-electron chi connectivity index (χ0n) is 18.9. The number of ether oxygens (including phenoxy) is 2. The quantitative estimate of drug-likeness (QED) is 0.492. The molecule has 0 radical (unpaired) electrons. The maximum atomic E-state index is 14.4. The number of hydrogen-bond donors (Lipinski definition) is 2. The standard InChI is InChI=1S/C23H35FN4O4/c1-31-19-6-5-18(20(24)15-19)17-28-10-8-26-23(30)21(28)16-22(29)25-7-3-2-4-9-27-11-13-32-14-12-27/h5-6,15,21H,2-4,7-14,16-17H2,1H3,(H,25,29)(H,26,30). The predicted octanol–water partition coefficient (Wildman–Crippen LogP) is 1.14. The monoisotopic (exact) mass is 450 g/mol. The molecule has 1 aromatic rings. The first-order valence-corrected chi connectivity index (χ1v) is 11.5. The Hall–Kier alpha value is -2.23. The van der Waals surface area contributed by atoms with Crippen LogP contribution in [0.2, 0.25) is 0 Å². The third-order valence-electron chi connectivity index (χ3n) is 6.03. The molecule has 2 amide bonds. The van der Waals surface area contributed by atoms with Gasteiger partial charge in [-0.25, -0.2) is 4.39 Å². The summed E-state index contributed by atoms with van der Waals surface area (Å²) in [6.45, 7) is 6.60. The average Bonchev–Trinajstić information content (AvgIpc) is 2.80. The van der Waals surface area contributed by atoms with Crippen LogP contribution in [0.3, 0.4) is 0 Å². The molecule has 0 bridgehead atoms. The molecule has 9 heteroatoms. The van der Waals surface area contributed by atoms with Gasteiger partial charge in [-0.1, -0.05) is 12.5 Å². The van der Waals surface area contributed by atoms with E-state index in [-0.39, 0.29) is 30.6 Å². The topological polar surface area (TPSA) is 83.1 Å². The number of nitrogens with zero attached hydrogens (tertiary/aromatic N) is 2. The number of unbranched alkanes of at least 4 members (excludes halogenated alkanes) is 2. The minimum atomic E-state index is -0.605. The lowest BCUT2D eigenvalue weighted by Crippen LogP contribution is -2.56. The molecule has 3 rings (SSSR count).